The first-order valence-corrected chi connectivity index (χ1v) is 5.30. The van der Waals surface area contributed by atoms with E-state index < -0.39 is 0 Å². The topological polar surface area (TPSA) is 67.6 Å². The summed E-state index contributed by atoms with van der Waals surface area (Å²) in [7, 11) is 0. The van der Waals surface area contributed by atoms with E-state index in [0.717, 1.165) is 11.6 Å². The van der Waals surface area contributed by atoms with Crippen molar-refractivity contribution in [2.45, 2.75) is 24.3 Å². The number of aryl methyl sites for hydroxylation is 1. The first-order chi connectivity index (χ1) is 6.88. The van der Waals surface area contributed by atoms with E-state index in [-0.39, 0.29) is 0 Å². The van der Waals surface area contributed by atoms with Gasteiger partial charge in [-0.3, -0.25) is 0 Å². The minimum absolute atomic E-state index is 0.678. The van der Waals surface area contributed by atoms with Crippen LogP contribution in [0.3, 0.4) is 0 Å². The van der Waals surface area contributed by atoms with Gasteiger partial charge in [0, 0.05) is 18.8 Å². The van der Waals surface area contributed by atoms with Crippen LogP contribution in [0.25, 0.3) is 0 Å². The Kier molecular flexibility index (Phi) is 2.83. The standard InChI is InChI=1S/C8H10N4OS/c1-2-7-11-6(12-13-7)5-14-8-9-3-4-10-8/h3-4H,2,5H2,1H3,(H,9,10). The third-order valence-corrected chi connectivity index (χ3v) is 2.52. The van der Waals surface area contributed by atoms with Crippen molar-refractivity contribution in [3.05, 3.63) is 24.1 Å². The molecule has 0 aromatic carbocycles. The highest BCUT2D eigenvalue weighted by molar-refractivity contribution is 7.98. The van der Waals surface area contributed by atoms with Crippen LogP contribution in [0, 0.1) is 0 Å². The lowest BCUT2D eigenvalue weighted by molar-refractivity contribution is 0.378. The number of H-pyrrole nitrogens is 1. The van der Waals surface area contributed by atoms with Gasteiger partial charge < -0.3 is 9.51 Å². The van der Waals surface area contributed by atoms with Gasteiger partial charge in [0.25, 0.3) is 0 Å². The van der Waals surface area contributed by atoms with Crippen LogP contribution in [0.1, 0.15) is 18.6 Å². The van der Waals surface area contributed by atoms with Gasteiger partial charge in [-0.25, -0.2) is 4.98 Å². The minimum atomic E-state index is 0.678. The Morgan fingerprint density at radius 2 is 2.50 bits per heavy atom. The van der Waals surface area contributed by atoms with Crippen LogP contribution in [-0.4, -0.2) is 20.1 Å². The number of rotatable bonds is 4. The molecule has 5 nitrogen and oxygen atoms in total. The average Bonchev–Trinajstić information content (AvgIpc) is 2.86. The van der Waals surface area contributed by atoms with Gasteiger partial charge in [0.15, 0.2) is 11.0 Å². The van der Waals surface area contributed by atoms with Gasteiger partial charge in [-0.2, -0.15) is 4.98 Å². The van der Waals surface area contributed by atoms with Crippen molar-refractivity contribution in [1.82, 2.24) is 20.1 Å². The molecule has 0 atom stereocenters. The summed E-state index contributed by atoms with van der Waals surface area (Å²) in [6, 6.07) is 0. The summed E-state index contributed by atoms with van der Waals surface area (Å²) in [6.45, 7) is 1.98. The molecule has 2 aromatic rings. The second-order valence-corrected chi connectivity index (χ2v) is 3.60. The van der Waals surface area contributed by atoms with E-state index in [1.54, 1.807) is 24.2 Å². The Hall–Kier alpha value is -1.30. The molecule has 0 spiro atoms. The first-order valence-electron chi connectivity index (χ1n) is 4.32. The molecule has 0 amide bonds. The fourth-order valence-corrected chi connectivity index (χ4v) is 1.62. The van der Waals surface area contributed by atoms with Crippen molar-refractivity contribution in [1.29, 1.82) is 0 Å². The average molecular weight is 210 g/mol. The van der Waals surface area contributed by atoms with Gasteiger partial charge in [0.1, 0.15) is 0 Å². The van der Waals surface area contributed by atoms with Crippen LogP contribution in [0.2, 0.25) is 0 Å². The Morgan fingerprint density at radius 3 is 3.14 bits per heavy atom. The molecule has 2 heterocycles. The monoisotopic (exact) mass is 210 g/mol. The highest BCUT2D eigenvalue weighted by atomic mass is 32.2. The molecule has 0 saturated carbocycles. The van der Waals surface area contributed by atoms with Crippen molar-refractivity contribution in [3.8, 4) is 0 Å². The zero-order valence-corrected chi connectivity index (χ0v) is 8.54. The molecule has 0 fully saturated rings. The molecule has 0 radical (unpaired) electrons. The smallest absolute Gasteiger partial charge is 0.226 e. The highest BCUT2D eigenvalue weighted by Gasteiger charge is 2.05. The summed E-state index contributed by atoms with van der Waals surface area (Å²) in [5.74, 6) is 2.07. The summed E-state index contributed by atoms with van der Waals surface area (Å²) in [5, 5.41) is 4.71. The maximum absolute atomic E-state index is 4.98. The molecule has 1 N–H and O–H groups in total. The predicted octanol–water partition coefficient (Wildman–Crippen LogP) is 1.65. The van der Waals surface area contributed by atoms with E-state index in [9.17, 15) is 0 Å². The lowest BCUT2D eigenvalue weighted by atomic mass is 10.5. The van der Waals surface area contributed by atoms with Crippen molar-refractivity contribution in [2.75, 3.05) is 0 Å². The zero-order chi connectivity index (χ0) is 9.80. The summed E-state index contributed by atoms with van der Waals surface area (Å²) in [6.07, 6.45) is 4.28. The number of hydrogen-bond donors (Lipinski definition) is 1. The molecular formula is C8H10N4OS. The molecule has 0 aliphatic heterocycles. The van der Waals surface area contributed by atoms with Crippen molar-refractivity contribution < 1.29 is 4.52 Å². The molecule has 0 unspecified atom stereocenters. The van der Waals surface area contributed by atoms with E-state index in [0.29, 0.717) is 17.5 Å². The number of aromatic nitrogens is 4. The number of nitrogens with one attached hydrogen (secondary N) is 1. The Balaban J connectivity index is 1.92. The number of thioether (sulfide) groups is 1. The summed E-state index contributed by atoms with van der Waals surface area (Å²) >= 11 is 1.55. The van der Waals surface area contributed by atoms with Gasteiger partial charge in [0.05, 0.1) is 5.75 Å². The predicted molar refractivity (Wildman–Crippen MR) is 51.8 cm³/mol. The number of imidazole rings is 1. The molecule has 14 heavy (non-hydrogen) atoms. The van der Waals surface area contributed by atoms with Gasteiger partial charge in [0.2, 0.25) is 5.89 Å². The normalized spacial score (nSPS) is 10.6. The van der Waals surface area contributed by atoms with E-state index >= 15 is 0 Å². The van der Waals surface area contributed by atoms with Crippen LogP contribution >= 0.6 is 11.8 Å². The molecule has 6 heteroatoms. The summed E-state index contributed by atoms with van der Waals surface area (Å²) < 4.78 is 4.98. The Labute approximate surface area is 85.3 Å². The van der Waals surface area contributed by atoms with Crippen molar-refractivity contribution in [3.63, 3.8) is 0 Å². The summed E-state index contributed by atoms with van der Waals surface area (Å²) in [4.78, 5) is 11.3. The maximum atomic E-state index is 4.98. The summed E-state index contributed by atoms with van der Waals surface area (Å²) in [5.41, 5.74) is 0. The number of hydrogen-bond acceptors (Lipinski definition) is 5. The Bertz CT molecular complexity index is 384. The molecular weight excluding hydrogens is 200 g/mol. The third kappa shape index (κ3) is 2.14. The molecule has 74 valence electrons. The largest absolute Gasteiger partial charge is 0.340 e. The van der Waals surface area contributed by atoms with Crippen LogP contribution in [-0.2, 0) is 12.2 Å². The first kappa shape index (κ1) is 9.26. The van der Waals surface area contributed by atoms with E-state index in [1.165, 1.54) is 0 Å². The number of aromatic amines is 1. The van der Waals surface area contributed by atoms with Gasteiger partial charge in [-0.15, -0.1) is 0 Å². The minimum Gasteiger partial charge on any atom is -0.340 e. The molecule has 0 aliphatic carbocycles. The van der Waals surface area contributed by atoms with Crippen molar-refractivity contribution >= 4 is 11.8 Å². The maximum Gasteiger partial charge on any atom is 0.226 e. The fourth-order valence-electron chi connectivity index (χ4n) is 0.955. The van der Waals surface area contributed by atoms with E-state index in [4.69, 9.17) is 4.52 Å². The van der Waals surface area contributed by atoms with Crippen LogP contribution in [0.5, 0.6) is 0 Å². The van der Waals surface area contributed by atoms with Gasteiger partial charge >= 0.3 is 0 Å². The van der Waals surface area contributed by atoms with Gasteiger partial charge in [-0.05, 0) is 0 Å². The van der Waals surface area contributed by atoms with Crippen LogP contribution in [0.4, 0.5) is 0 Å². The van der Waals surface area contributed by atoms with E-state index in [2.05, 4.69) is 20.1 Å². The van der Waals surface area contributed by atoms with Gasteiger partial charge in [-0.1, -0.05) is 23.8 Å². The lowest BCUT2D eigenvalue weighted by Crippen LogP contribution is -1.85. The highest BCUT2D eigenvalue weighted by Crippen LogP contribution is 2.16. The van der Waals surface area contributed by atoms with Crippen molar-refractivity contribution in [2.24, 2.45) is 0 Å². The Morgan fingerprint density at radius 1 is 1.57 bits per heavy atom. The molecule has 0 aliphatic rings. The lowest BCUT2D eigenvalue weighted by Gasteiger charge is -1.90. The molecule has 0 bridgehead atoms. The van der Waals surface area contributed by atoms with Crippen LogP contribution < -0.4 is 0 Å². The second kappa shape index (κ2) is 4.28. The number of nitrogens with zero attached hydrogens (tertiary/aromatic N) is 3. The molecule has 2 rings (SSSR count). The second-order valence-electron chi connectivity index (χ2n) is 2.64. The molecule has 2 aromatic heterocycles. The van der Waals surface area contributed by atoms with E-state index in [1.807, 2.05) is 6.92 Å². The fraction of sp³-hybridized carbons (Fsp3) is 0.375. The third-order valence-electron chi connectivity index (χ3n) is 1.62. The molecule has 0 saturated heterocycles. The zero-order valence-electron chi connectivity index (χ0n) is 7.73. The van der Waals surface area contributed by atoms with Crippen LogP contribution in [0.15, 0.2) is 22.1 Å². The quantitative estimate of drug-likeness (QED) is 0.777. The SMILES string of the molecule is CCc1nc(CSc2ncc[nH]2)no1.